The highest BCUT2D eigenvalue weighted by molar-refractivity contribution is 5.87. The van der Waals surface area contributed by atoms with Gasteiger partial charge in [-0.2, -0.15) is 0 Å². The van der Waals surface area contributed by atoms with E-state index < -0.39 is 12.2 Å². The highest BCUT2D eigenvalue weighted by atomic mass is 16.6. The fraction of sp³-hybridized carbons (Fsp3) is 0.600. The van der Waals surface area contributed by atoms with Gasteiger partial charge in [-0.05, 0) is 13.8 Å². The summed E-state index contributed by atoms with van der Waals surface area (Å²) >= 11 is 0. The van der Waals surface area contributed by atoms with Crippen LogP contribution in [0.15, 0.2) is 12.2 Å². The van der Waals surface area contributed by atoms with Crippen LogP contribution in [0.25, 0.3) is 0 Å². The van der Waals surface area contributed by atoms with E-state index in [4.69, 9.17) is 4.74 Å². The maximum absolute atomic E-state index is 11.2. The van der Waals surface area contributed by atoms with Gasteiger partial charge < -0.3 is 10.1 Å². The summed E-state index contributed by atoms with van der Waals surface area (Å²) in [5.41, 5.74) is 0.315. The molecule has 0 saturated heterocycles. The second-order valence-corrected chi connectivity index (χ2v) is 3.49. The maximum atomic E-state index is 11.2. The SMILES string of the molecule is C=C(C)C(=O)OC(C)NC(=O)C(C)C. The number of hydrogen-bond acceptors (Lipinski definition) is 3. The van der Waals surface area contributed by atoms with Crippen LogP contribution >= 0.6 is 0 Å². The van der Waals surface area contributed by atoms with Crippen LogP contribution in [0.4, 0.5) is 0 Å². The molecule has 0 aromatic carbocycles. The molecule has 0 heterocycles. The number of nitrogens with one attached hydrogen (secondary N) is 1. The lowest BCUT2D eigenvalue weighted by Gasteiger charge is -2.16. The zero-order valence-electron chi connectivity index (χ0n) is 9.09. The van der Waals surface area contributed by atoms with Crippen LogP contribution in [-0.4, -0.2) is 18.1 Å². The molecule has 0 fully saturated rings. The summed E-state index contributed by atoms with van der Waals surface area (Å²) in [7, 11) is 0. The third-order valence-electron chi connectivity index (χ3n) is 1.50. The van der Waals surface area contributed by atoms with E-state index in [-0.39, 0.29) is 11.8 Å². The van der Waals surface area contributed by atoms with Crippen molar-refractivity contribution in [1.29, 1.82) is 0 Å². The fourth-order valence-electron chi connectivity index (χ4n) is 0.658. The molecule has 0 saturated carbocycles. The predicted octanol–water partition coefficient (Wildman–Crippen LogP) is 1.22. The first-order valence-corrected chi connectivity index (χ1v) is 4.51. The molecule has 0 spiro atoms. The summed E-state index contributed by atoms with van der Waals surface area (Å²) in [5.74, 6) is -0.769. The summed E-state index contributed by atoms with van der Waals surface area (Å²) in [6.07, 6.45) is -0.617. The Kier molecular flexibility index (Phi) is 4.91. The Morgan fingerprint density at radius 2 is 1.79 bits per heavy atom. The van der Waals surface area contributed by atoms with Crippen molar-refractivity contribution in [2.75, 3.05) is 0 Å². The Bertz CT molecular complexity index is 246. The van der Waals surface area contributed by atoms with E-state index in [1.165, 1.54) is 0 Å². The first-order chi connectivity index (χ1) is 6.34. The first-order valence-electron chi connectivity index (χ1n) is 4.51. The topological polar surface area (TPSA) is 55.4 Å². The van der Waals surface area contributed by atoms with E-state index in [0.717, 1.165) is 0 Å². The second kappa shape index (κ2) is 5.42. The van der Waals surface area contributed by atoms with E-state index in [9.17, 15) is 9.59 Å². The second-order valence-electron chi connectivity index (χ2n) is 3.49. The van der Waals surface area contributed by atoms with Gasteiger partial charge >= 0.3 is 5.97 Å². The van der Waals surface area contributed by atoms with Crippen LogP contribution in [0.5, 0.6) is 0 Å². The molecule has 0 aliphatic heterocycles. The summed E-state index contributed by atoms with van der Waals surface area (Å²) < 4.78 is 4.86. The number of esters is 1. The van der Waals surface area contributed by atoms with Crippen molar-refractivity contribution >= 4 is 11.9 Å². The maximum Gasteiger partial charge on any atom is 0.335 e. The van der Waals surface area contributed by atoms with Crippen LogP contribution in [0.1, 0.15) is 27.7 Å². The van der Waals surface area contributed by atoms with Crippen LogP contribution in [-0.2, 0) is 14.3 Å². The third-order valence-corrected chi connectivity index (χ3v) is 1.50. The quantitative estimate of drug-likeness (QED) is 0.421. The Morgan fingerprint density at radius 1 is 1.29 bits per heavy atom. The van der Waals surface area contributed by atoms with Crippen LogP contribution in [0.3, 0.4) is 0 Å². The van der Waals surface area contributed by atoms with Gasteiger partial charge in [-0.3, -0.25) is 4.79 Å². The average molecular weight is 199 g/mol. The zero-order chi connectivity index (χ0) is 11.3. The number of rotatable bonds is 4. The Morgan fingerprint density at radius 3 is 2.14 bits per heavy atom. The molecule has 1 atom stereocenters. The average Bonchev–Trinajstić information content (AvgIpc) is 2.03. The number of hydrogen-bond donors (Lipinski definition) is 1. The molecule has 1 amide bonds. The van der Waals surface area contributed by atoms with Crippen LogP contribution in [0.2, 0.25) is 0 Å². The van der Waals surface area contributed by atoms with Gasteiger partial charge in [0.1, 0.15) is 0 Å². The first kappa shape index (κ1) is 12.7. The largest absolute Gasteiger partial charge is 0.439 e. The third kappa shape index (κ3) is 4.64. The number of carbonyl (C=O) groups excluding carboxylic acids is 2. The van der Waals surface area contributed by atoms with Crippen molar-refractivity contribution in [2.24, 2.45) is 5.92 Å². The minimum Gasteiger partial charge on any atom is -0.439 e. The summed E-state index contributed by atoms with van der Waals surface area (Å²) in [6.45, 7) is 10.1. The van der Waals surface area contributed by atoms with Gasteiger partial charge in [0.05, 0.1) is 0 Å². The lowest BCUT2D eigenvalue weighted by Crippen LogP contribution is -2.38. The van der Waals surface area contributed by atoms with E-state index in [1.54, 1.807) is 27.7 Å². The predicted molar refractivity (Wildman–Crippen MR) is 53.3 cm³/mol. The normalized spacial score (nSPS) is 12.1. The minimum absolute atomic E-state index is 0.124. The van der Waals surface area contributed by atoms with Crippen molar-refractivity contribution in [2.45, 2.75) is 33.9 Å². The van der Waals surface area contributed by atoms with Crippen LogP contribution < -0.4 is 5.32 Å². The molecule has 0 rings (SSSR count). The minimum atomic E-state index is -0.617. The van der Waals surface area contributed by atoms with E-state index in [0.29, 0.717) is 5.57 Å². The Balaban J connectivity index is 3.99. The molecule has 0 aliphatic rings. The van der Waals surface area contributed by atoms with Crippen molar-refractivity contribution in [3.05, 3.63) is 12.2 Å². The monoisotopic (exact) mass is 199 g/mol. The van der Waals surface area contributed by atoms with Gasteiger partial charge in [0.2, 0.25) is 5.91 Å². The van der Waals surface area contributed by atoms with Gasteiger partial charge in [0.25, 0.3) is 0 Å². The molecular weight excluding hydrogens is 182 g/mol. The molecule has 80 valence electrons. The standard InChI is InChI=1S/C10H17NO3/c1-6(2)9(12)11-8(5)14-10(13)7(3)4/h6,8H,3H2,1-2,4-5H3,(H,11,12). The number of amides is 1. The molecule has 0 aliphatic carbocycles. The van der Waals surface area contributed by atoms with Gasteiger partial charge in [-0.15, -0.1) is 0 Å². The van der Waals surface area contributed by atoms with E-state index >= 15 is 0 Å². The lowest BCUT2D eigenvalue weighted by atomic mass is 10.2. The van der Waals surface area contributed by atoms with Crippen molar-refractivity contribution in [1.82, 2.24) is 5.32 Å². The molecule has 0 aromatic rings. The Hall–Kier alpha value is -1.32. The smallest absolute Gasteiger partial charge is 0.335 e. The molecule has 14 heavy (non-hydrogen) atoms. The molecule has 0 radical (unpaired) electrons. The molecule has 4 heteroatoms. The summed E-state index contributed by atoms with van der Waals surface area (Å²) in [6, 6.07) is 0. The van der Waals surface area contributed by atoms with E-state index in [1.807, 2.05) is 0 Å². The van der Waals surface area contributed by atoms with Crippen molar-refractivity contribution in [3.8, 4) is 0 Å². The van der Waals surface area contributed by atoms with Gasteiger partial charge in [-0.1, -0.05) is 20.4 Å². The molecule has 1 unspecified atom stereocenters. The Labute approximate surface area is 84.3 Å². The van der Waals surface area contributed by atoms with Crippen molar-refractivity contribution < 1.29 is 14.3 Å². The highest BCUT2D eigenvalue weighted by Gasteiger charge is 2.14. The van der Waals surface area contributed by atoms with E-state index in [2.05, 4.69) is 11.9 Å². The van der Waals surface area contributed by atoms with Gasteiger partial charge in [-0.25, -0.2) is 4.79 Å². The number of ether oxygens (including phenoxy) is 1. The molecule has 0 bridgehead atoms. The fourth-order valence-corrected chi connectivity index (χ4v) is 0.658. The summed E-state index contributed by atoms with van der Waals surface area (Å²) in [5, 5.41) is 2.54. The number of carbonyl (C=O) groups is 2. The molecule has 1 N–H and O–H groups in total. The van der Waals surface area contributed by atoms with Crippen molar-refractivity contribution in [3.63, 3.8) is 0 Å². The van der Waals surface area contributed by atoms with Gasteiger partial charge in [0.15, 0.2) is 6.23 Å². The zero-order valence-corrected chi connectivity index (χ0v) is 9.09. The van der Waals surface area contributed by atoms with Crippen LogP contribution in [0, 0.1) is 5.92 Å². The van der Waals surface area contributed by atoms with Gasteiger partial charge in [0, 0.05) is 11.5 Å². The molecular formula is C10H17NO3. The lowest BCUT2D eigenvalue weighted by molar-refractivity contribution is -0.147. The molecule has 4 nitrogen and oxygen atoms in total. The highest BCUT2D eigenvalue weighted by Crippen LogP contribution is 1.98. The molecule has 0 aromatic heterocycles. The summed E-state index contributed by atoms with van der Waals surface area (Å²) in [4.78, 5) is 22.2.